The second-order valence-corrected chi connectivity index (χ2v) is 9.51. The summed E-state index contributed by atoms with van der Waals surface area (Å²) >= 11 is 12.3. The molecule has 0 spiro atoms. The van der Waals surface area contributed by atoms with Gasteiger partial charge in [0.15, 0.2) is 5.78 Å². The van der Waals surface area contributed by atoms with Crippen LogP contribution in [0, 0.1) is 5.92 Å². The Morgan fingerprint density at radius 2 is 1.60 bits per heavy atom. The van der Waals surface area contributed by atoms with Gasteiger partial charge in [0.25, 0.3) is 0 Å². The third-order valence-electron chi connectivity index (χ3n) is 6.24. The highest BCUT2D eigenvalue weighted by molar-refractivity contribution is 6.43. The van der Waals surface area contributed by atoms with Gasteiger partial charge in [-0.15, -0.1) is 0 Å². The van der Waals surface area contributed by atoms with Crippen LogP contribution in [-0.4, -0.2) is 36.3 Å². The van der Waals surface area contributed by atoms with Gasteiger partial charge in [0.1, 0.15) is 5.57 Å². The second-order valence-electron chi connectivity index (χ2n) is 8.73. The van der Waals surface area contributed by atoms with Gasteiger partial charge in [-0.2, -0.15) is 0 Å². The maximum atomic E-state index is 12.8. The minimum absolute atomic E-state index is 0.0459. The van der Waals surface area contributed by atoms with E-state index in [1.54, 1.807) is 18.2 Å². The number of Topliss-reactive ketones (excluding diaryl/α,β-unsaturated/α-hetero) is 1. The lowest BCUT2D eigenvalue weighted by molar-refractivity contribution is -0.141. The minimum atomic E-state index is -0.644. The average Bonchev–Trinajstić information content (AvgIpc) is 3.33. The van der Waals surface area contributed by atoms with Crippen LogP contribution < -0.4 is 0 Å². The lowest BCUT2D eigenvalue weighted by atomic mass is 9.97. The van der Waals surface area contributed by atoms with Crippen LogP contribution in [0.15, 0.2) is 84.4 Å². The van der Waals surface area contributed by atoms with E-state index in [9.17, 15) is 9.59 Å². The zero-order valence-electron chi connectivity index (χ0n) is 19.5. The maximum Gasteiger partial charge on any atom is 0.341 e. The predicted octanol–water partition coefficient (Wildman–Crippen LogP) is 6.62. The SMILES string of the molecule is CC(=O)/C(=C\c1cccc(Cl)c1Cl)C(=O)OCC1CCN(C(c2ccccc2)c2ccccc2)C1. The molecule has 0 aliphatic carbocycles. The van der Waals surface area contributed by atoms with Gasteiger partial charge in [0, 0.05) is 12.5 Å². The number of ketones is 1. The molecule has 0 aromatic heterocycles. The van der Waals surface area contributed by atoms with Crippen molar-refractivity contribution >= 4 is 41.0 Å². The predicted molar refractivity (Wildman–Crippen MR) is 140 cm³/mol. The quantitative estimate of drug-likeness (QED) is 0.149. The third-order valence-corrected chi connectivity index (χ3v) is 7.08. The fourth-order valence-corrected chi connectivity index (χ4v) is 4.84. The van der Waals surface area contributed by atoms with Crippen molar-refractivity contribution in [2.45, 2.75) is 19.4 Å². The molecule has 0 saturated carbocycles. The summed E-state index contributed by atoms with van der Waals surface area (Å²) in [7, 11) is 0. The number of hydrogen-bond acceptors (Lipinski definition) is 4. The van der Waals surface area contributed by atoms with Gasteiger partial charge in [0.2, 0.25) is 0 Å². The molecule has 6 heteroatoms. The van der Waals surface area contributed by atoms with Gasteiger partial charge in [0.05, 0.1) is 22.7 Å². The fraction of sp³-hybridized carbons (Fsp3) is 0.241. The van der Waals surface area contributed by atoms with Crippen molar-refractivity contribution in [3.63, 3.8) is 0 Å². The smallest absolute Gasteiger partial charge is 0.341 e. The Morgan fingerprint density at radius 1 is 0.971 bits per heavy atom. The largest absolute Gasteiger partial charge is 0.462 e. The molecule has 1 unspecified atom stereocenters. The number of esters is 1. The first-order chi connectivity index (χ1) is 16.9. The van der Waals surface area contributed by atoms with Gasteiger partial charge < -0.3 is 4.74 Å². The van der Waals surface area contributed by atoms with E-state index in [1.807, 2.05) is 12.1 Å². The van der Waals surface area contributed by atoms with E-state index in [1.165, 1.54) is 24.1 Å². The Hall–Kier alpha value is -2.92. The van der Waals surface area contributed by atoms with Crippen LogP contribution in [0.2, 0.25) is 10.0 Å². The molecule has 3 aromatic carbocycles. The van der Waals surface area contributed by atoms with E-state index in [0.29, 0.717) is 15.6 Å². The number of rotatable bonds is 8. The molecular weight excluding hydrogens is 481 g/mol. The van der Waals surface area contributed by atoms with Crippen LogP contribution in [-0.2, 0) is 14.3 Å². The minimum Gasteiger partial charge on any atom is -0.462 e. The number of carbonyl (C=O) groups excluding carboxylic acids is 2. The van der Waals surface area contributed by atoms with Crippen molar-refractivity contribution in [2.75, 3.05) is 19.7 Å². The summed E-state index contributed by atoms with van der Waals surface area (Å²) in [6, 6.07) is 26.1. The number of nitrogens with zero attached hydrogens (tertiary/aromatic N) is 1. The third kappa shape index (κ3) is 6.21. The van der Waals surface area contributed by atoms with Crippen LogP contribution >= 0.6 is 23.2 Å². The average molecular weight is 508 g/mol. The molecule has 1 aliphatic rings. The number of benzene rings is 3. The highest BCUT2D eigenvalue weighted by Gasteiger charge is 2.31. The molecular formula is C29H27Cl2NO3. The van der Waals surface area contributed by atoms with Crippen molar-refractivity contribution in [1.82, 2.24) is 4.90 Å². The van der Waals surface area contributed by atoms with Gasteiger partial charge in [-0.25, -0.2) is 4.79 Å². The molecule has 180 valence electrons. The Balaban J connectivity index is 1.44. The fourth-order valence-electron chi connectivity index (χ4n) is 4.48. The number of likely N-dealkylation sites (tertiary alicyclic amines) is 1. The zero-order chi connectivity index (χ0) is 24.8. The Labute approximate surface area is 216 Å². The molecule has 0 radical (unpaired) electrons. The molecule has 3 aromatic rings. The van der Waals surface area contributed by atoms with Crippen LogP contribution in [0.4, 0.5) is 0 Å². The molecule has 1 aliphatic heterocycles. The summed E-state index contributed by atoms with van der Waals surface area (Å²) in [5, 5.41) is 0.647. The van der Waals surface area contributed by atoms with Gasteiger partial charge >= 0.3 is 5.97 Å². The van der Waals surface area contributed by atoms with Crippen LogP contribution in [0.3, 0.4) is 0 Å². The van der Waals surface area contributed by atoms with E-state index in [-0.39, 0.29) is 29.9 Å². The molecule has 0 bridgehead atoms. The first-order valence-electron chi connectivity index (χ1n) is 11.6. The van der Waals surface area contributed by atoms with Gasteiger partial charge in [-0.3, -0.25) is 9.69 Å². The highest BCUT2D eigenvalue weighted by Crippen LogP contribution is 2.33. The van der Waals surface area contributed by atoms with Crippen molar-refractivity contribution < 1.29 is 14.3 Å². The number of hydrogen-bond donors (Lipinski definition) is 0. The highest BCUT2D eigenvalue weighted by atomic mass is 35.5. The Morgan fingerprint density at radius 3 is 2.20 bits per heavy atom. The van der Waals surface area contributed by atoms with E-state index in [0.717, 1.165) is 19.5 Å². The van der Waals surface area contributed by atoms with Crippen LogP contribution in [0.1, 0.15) is 36.1 Å². The monoisotopic (exact) mass is 507 g/mol. The second kappa shape index (κ2) is 11.7. The standard InChI is InChI=1S/C29H27Cl2NO3/c1-20(33)25(17-24-13-8-14-26(30)27(24)31)29(34)35-19-21-15-16-32(18-21)28(22-9-4-2-5-10-22)23-11-6-3-7-12-23/h2-14,17,21,28H,15-16,18-19H2,1H3/b25-17+. The number of carbonyl (C=O) groups is 2. The summed E-state index contributed by atoms with van der Waals surface area (Å²) < 4.78 is 5.60. The summed E-state index contributed by atoms with van der Waals surface area (Å²) in [4.78, 5) is 27.4. The van der Waals surface area contributed by atoms with E-state index < -0.39 is 5.97 Å². The normalized spacial score (nSPS) is 16.5. The zero-order valence-corrected chi connectivity index (χ0v) is 21.0. The van der Waals surface area contributed by atoms with E-state index in [4.69, 9.17) is 27.9 Å². The van der Waals surface area contributed by atoms with Crippen molar-refractivity contribution in [3.05, 3.63) is 111 Å². The van der Waals surface area contributed by atoms with Crippen molar-refractivity contribution in [2.24, 2.45) is 5.92 Å². The van der Waals surface area contributed by atoms with Crippen molar-refractivity contribution in [3.8, 4) is 0 Å². The first kappa shape index (κ1) is 25.2. The lowest BCUT2D eigenvalue weighted by Crippen LogP contribution is -2.28. The summed E-state index contributed by atoms with van der Waals surface area (Å²) in [5.41, 5.74) is 2.92. The molecule has 1 saturated heterocycles. The molecule has 1 heterocycles. The molecule has 1 fully saturated rings. The topological polar surface area (TPSA) is 46.6 Å². The molecule has 0 N–H and O–H groups in total. The molecule has 4 nitrogen and oxygen atoms in total. The maximum absolute atomic E-state index is 12.8. The van der Waals surface area contributed by atoms with Gasteiger partial charge in [-0.1, -0.05) is 96.0 Å². The number of ether oxygens (including phenoxy) is 1. The molecule has 1 atom stereocenters. The Bertz CT molecular complexity index is 1170. The molecule has 35 heavy (non-hydrogen) atoms. The first-order valence-corrected chi connectivity index (χ1v) is 12.4. The summed E-state index contributed by atoms with van der Waals surface area (Å²) in [6.07, 6.45) is 2.35. The van der Waals surface area contributed by atoms with Gasteiger partial charge in [-0.05, 0) is 48.7 Å². The van der Waals surface area contributed by atoms with Crippen LogP contribution in [0.5, 0.6) is 0 Å². The summed E-state index contributed by atoms with van der Waals surface area (Å²) in [5.74, 6) is -0.848. The molecule has 0 amide bonds. The summed E-state index contributed by atoms with van der Waals surface area (Å²) in [6.45, 7) is 3.28. The lowest BCUT2D eigenvalue weighted by Gasteiger charge is -2.29. The van der Waals surface area contributed by atoms with Crippen molar-refractivity contribution in [1.29, 1.82) is 0 Å². The van der Waals surface area contributed by atoms with E-state index >= 15 is 0 Å². The van der Waals surface area contributed by atoms with E-state index in [2.05, 4.69) is 53.4 Å². The van der Waals surface area contributed by atoms with Crippen LogP contribution in [0.25, 0.3) is 6.08 Å². The Kier molecular flexibility index (Phi) is 8.40. The molecule has 4 rings (SSSR count). The number of halogens is 2.